The third-order valence-electron chi connectivity index (χ3n) is 6.10. The molecule has 30 heavy (non-hydrogen) atoms. The zero-order valence-electron chi connectivity index (χ0n) is 17.3. The first-order valence-corrected chi connectivity index (χ1v) is 11.8. The van der Waals surface area contributed by atoms with Gasteiger partial charge in [-0.25, -0.2) is 0 Å². The van der Waals surface area contributed by atoms with Crippen LogP contribution < -0.4 is 4.90 Å². The zero-order chi connectivity index (χ0) is 20.9. The molecule has 4 rings (SSSR count). The maximum absolute atomic E-state index is 12.8. The second kappa shape index (κ2) is 9.83. The number of rotatable bonds is 4. The van der Waals surface area contributed by atoms with Crippen molar-refractivity contribution in [2.75, 3.05) is 56.6 Å². The number of thioether (sulfide) groups is 1. The van der Waals surface area contributed by atoms with Crippen LogP contribution in [0.25, 0.3) is 0 Å². The van der Waals surface area contributed by atoms with Gasteiger partial charge in [0.15, 0.2) is 0 Å². The molecule has 0 atom stereocenters. The van der Waals surface area contributed by atoms with Crippen LogP contribution in [-0.2, 0) is 19.1 Å². The third-order valence-corrected chi connectivity index (χ3v) is 7.14. The maximum atomic E-state index is 12.8. The Morgan fingerprint density at radius 1 is 0.900 bits per heavy atom. The molecule has 0 aromatic heterocycles. The Labute approximate surface area is 181 Å². The standard InChI is InChI=1S/C22H29N3O4S/c26-20(5-6-21(27)25-13-16-30-19-4-2-1-3-18(19)25)23-9-7-17(8-10-23)22(28)24-11-14-29-15-12-24/h1-4,17H,5-16H2. The Balaban J connectivity index is 1.24. The van der Waals surface area contributed by atoms with E-state index in [2.05, 4.69) is 0 Å². The summed E-state index contributed by atoms with van der Waals surface area (Å²) >= 11 is 1.76. The van der Waals surface area contributed by atoms with Crippen LogP contribution in [-0.4, -0.2) is 79.2 Å². The predicted octanol–water partition coefficient (Wildman–Crippen LogP) is 2.00. The summed E-state index contributed by atoms with van der Waals surface area (Å²) in [6.45, 7) is 4.42. The molecule has 7 nitrogen and oxygen atoms in total. The minimum atomic E-state index is -0.00358. The highest BCUT2D eigenvalue weighted by Crippen LogP contribution is 2.34. The number of nitrogens with zero attached hydrogens (tertiary/aromatic N) is 3. The van der Waals surface area contributed by atoms with Crippen molar-refractivity contribution >= 4 is 35.2 Å². The van der Waals surface area contributed by atoms with E-state index in [4.69, 9.17) is 4.74 Å². The van der Waals surface area contributed by atoms with E-state index >= 15 is 0 Å². The van der Waals surface area contributed by atoms with E-state index < -0.39 is 0 Å². The first-order chi connectivity index (χ1) is 14.6. The van der Waals surface area contributed by atoms with E-state index in [1.165, 1.54) is 0 Å². The fourth-order valence-electron chi connectivity index (χ4n) is 4.35. The normalized spacial score (nSPS) is 20.1. The average Bonchev–Trinajstić information content (AvgIpc) is 2.82. The number of para-hydroxylation sites is 1. The minimum absolute atomic E-state index is 0.00358. The van der Waals surface area contributed by atoms with Crippen LogP contribution in [0, 0.1) is 5.92 Å². The lowest BCUT2D eigenvalue weighted by Crippen LogP contribution is -2.47. The summed E-state index contributed by atoms with van der Waals surface area (Å²) in [5.74, 6) is 1.09. The second-order valence-corrected chi connectivity index (χ2v) is 9.09. The molecule has 162 valence electrons. The highest BCUT2D eigenvalue weighted by molar-refractivity contribution is 7.99. The van der Waals surface area contributed by atoms with Gasteiger partial charge in [0.05, 0.1) is 18.9 Å². The molecule has 2 saturated heterocycles. The van der Waals surface area contributed by atoms with E-state index in [9.17, 15) is 14.4 Å². The Bertz CT molecular complexity index is 788. The summed E-state index contributed by atoms with van der Waals surface area (Å²) < 4.78 is 5.32. The third kappa shape index (κ3) is 4.81. The van der Waals surface area contributed by atoms with Crippen molar-refractivity contribution in [3.05, 3.63) is 24.3 Å². The number of carbonyl (C=O) groups is 3. The number of piperidine rings is 1. The Hall–Kier alpha value is -2.06. The summed E-state index contributed by atoms with van der Waals surface area (Å²) in [6.07, 6.45) is 1.86. The zero-order valence-corrected chi connectivity index (χ0v) is 18.1. The molecule has 1 aromatic carbocycles. The van der Waals surface area contributed by atoms with E-state index in [0.29, 0.717) is 58.8 Å². The molecule has 1 aromatic rings. The van der Waals surface area contributed by atoms with Gasteiger partial charge in [-0.2, -0.15) is 0 Å². The first kappa shape index (κ1) is 21.2. The Morgan fingerprint density at radius 3 is 2.37 bits per heavy atom. The lowest BCUT2D eigenvalue weighted by Gasteiger charge is -2.35. The molecule has 0 unspecified atom stereocenters. The number of carbonyl (C=O) groups excluding carboxylic acids is 3. The van der Waals surface area contributed by atoms with Gasteiger partial charge in [0.2, 0.25) is 17.7 Å². The topological polar surface area (TPSA) is 70.2 Å². The van der Waals surface area contributed by atoms with Crippen LogP contribution in [0.3, 0.4) is 0 Å². The molecule has 3 aliphatic heterocycles. The monoisotopic (exact) mass is 431 g/mol. The van der Waals surface area contributed by atoms with Crippen molar-refractivity contribution in [3.8, 4) is 0 Å². The Morgan fingerprint density at radius 2 is 1.60 bits per heavy atom. The number of amides is 3. The van der Waals surface area contributed by atoms with Crippen molar-refractivity contribution < 1.29 is 19.1 Å². The smallest absolute Gasteiger partial charge is 0.227 e. The summed E-state index contributed by atoms with van der Waals surface area (Å²) in [5, 5.41) is 0. The molecule has 3 heterocycles. The van der Waals surface area contributed by atoms with Gasteiger partial charge in [-0.1, -0.05) is 12.1 Å². The molecular formula is C22H29N3O4S. The molecule has 8 heteroatoms. The van der Waals surface area contributed by atoms with Gasteiger partial charge < -0.3 is 19.4 Å². The molecule has 3 aliphatic rings. The molecule has 0 spiro atoms. The van der Waals surface area contributed by atoms with E-state index in [0.717, 1.165) is 16.3 Å². The highest BCUT2D eigenvalue weighted by Gasteiger charge is 2.31. The van der Waals surface area contributed by atoms with Crippen LogP contribution in [0.2, 0.25) is 0 Å². The minimum Gasteiger partial charge on any atom is -0.378 e. The predicted molar refractivity (Wildman–Crippen MR) is 115 cm³/mol. The van der Waals surface area contributed by atoms with Crippen LogP contribution in [0.15, 0.2) is 29.2 Å². The molecular weight excluding hydrogens is 402 g/mol. The molecule has 0 bridgehead atoms. The van der Waals surface area contributed by atoms with Gasteiger partial charge in [-0.3, -0.25) is 14.4 Å². The fraction of sp³-hybridized carbons (Fsp3) is 0.591. The van der Waals surface area contributed by atoms with Crippen LogP contribution in [0.4, 0.5) is 5.69 Å². The van der Waals surface area contributed by atoms with E-state index in [1.807, 2.05) is 39.0 Å². The van der Waals surface area contributed by atoms with E-state index in [1.54, 1.807) is 11.8 Å². The molecule has 2 fully saturated rings. The number of likely N-dealkylation sites (tertiary alicyclic amines) is 1. The molecule has 0 aliphatic carbocycles. The maximum Gasteiger partial charge on any atom is 0.227 e. The van der Waals surface area contributed by atoms with Gasteiger partial charge in [0.1, 0.15) is 0 Å². The van der Waals surface area contributed by atoms with Gasteiger partial charge in [-0.05, 0) is 25.0 Å². The van der Waals surface area contributed by atoms with Crippen LogP contribution >= 0.6 is 11.8 Å². The average molecular weight is 432 g/mol. The lowest BCUT2D eigenvalue weighted by molar-refractivity contribution is -0.143. The van der Waals surface area contributed by atoms with Gasteiger partial charge >= 0.3 is 0 Å². The number of benzene rings is 1. The lowest BCUT2D eigenvalue weighted by atomic mass is 9.94. The molecule has 0 N–H and O–H groups in total. The fourth-order valence-corrected chi connectivity index (χ4v) is 5.35. The molecule has 0 saturated carbocycles. The Kier molecular flexibility index (Phi) is 6.94. The summed E-state index contributed by atoms with van der Waals surface area (Å²) in [5.41, 5.74) is 0.952. The van der Waals surface area contributed by atoms with Gasteiger partial charge in [0.25, 0.3) is 0 Å². The summed E-state index contributed by atoms with van der Waals surface area (Å²) in [7, 11) is 0. The highest BCUT2D eigenvalue weighted by atomic mass is 32.2. The number of anilines is 1. The summed E-state index contributed by atoms with van der Waals surface area (Å²) in [6, 6.07) is 7.93. The van der Waals surface area contributed by atoms with Crippen molar-refractivity contribution in [1.29, 1.82) is 0 Å². The number of ether oxygens (including phenoxy) is 1. The van der Waals surface area contributed by atoms with Crippen LogP contribution in [0.5, 0.6) is 0 Å². The first-order valence-electron chi connectivity index (χ1n) is 10.8. The molecule has 0 radical (unpaired) electrons. The van der Waals surface area contributed by atoms with Crippen molar-refractivity contribution in [3.63, 3.8) is 0 Å². The van der Waals surface area contributed by atoms with Gasteiger partial charge in [-0.15, -0.1) is 11.8 Å². The quantitative estimate of drug-likeness (QED) is 0.729. The number of fused-ring (bicyclic) bond motifs is 1. The number of hydrogen-bond donors (Lipinski definition) is 0. The SMILES string of the molecule is O=C(CCC(=O)N1CCSc2ccccc21)N1CCC(C(=O)N2CCOCC2)CC1. The summed E-state index contributed by atoms with van der Waals surface area (Å²) in [4.78, 5) is 44.7. The van der Waals surface area contributed by atoms with Crippen molar-refractivity contribution in [2.24, 2.45) is 5.92 Å². The van der Waals surface area contributed by atoms with Crippen molar-refractivity contribution in [2.45, 2.75) is 30.6 Å². The van der Waals surface area contributed by atoms with Crippen molar-refractivity contribution in [1.82, 2.24) is 9.80 Å². The van der Waals surface area contributed by atoms with E-state index in [-0.39, 0.29) is 36.5 Å². The largest absolute Gasteiger partial charge is 0.378 e. The van der Waals surface area contributed by atoms with Crippen LogP contribution in [0.1, 0.15) is 25.7 Å². The number of hydrogen-bond acceptors (Lipinski definition) is 5. The molecule has 3 amide bonds. The van der Waals surface area contributed by atoms with Gasteiger partial charge in [0, 0.05) is 62.1 Å². The number of morpholine rings is 1. The second-order valence-electron chi connectivity index (χ2n) is 7.95.